The molecule has 0 atom stereocenters. The van der Waals surface area contributed by atoms with Crippen LogP contribution in [0, 0.1) is 0 Å². The van der Waals surface area contributed by atoms with E-state index in [0.717, 1.165) is 34.9 Å². The first-order valence-electron chi connectivity index (χ1n) is 5.34. The van der Waals surface area contributed by atoms with E-state index in [0.29, 0.717) is 6.61 Å². The van der Waals surface area contributed by atoms with Crippen LogP contribution in [0.5, 0.6) is 0 Å². The molecule has 4 nitrogen and oxygen atoms in total. The number of hydrogen-bond acceptors (Lipinski definition) is 5. The monoisotopic (exact) mass is 237 g/mol. The average Bonchev–Trinajstić information content (AvgIpc) is 2.76. The molecule has 2 heterocycles. The Morgan fingerprint density at radius 2 is 2.31 bits per heavy atom. The summed E-state index contributed by atoms with van der Waals surface area (Å²) in [7, 11) is 1.88. The van der Waals surface area contributed by atoms with Crippen molar-refractivity contribution in [1.82, 2.24) is 9.97 Å². The van der Waals surface area contributed by atoms with E-state index in [1.807, 2.05) is 25.4 Å². The first kappa shape index (κ1) is 11.3. The summed E-state index contributed by atoms with van der Waals surface area (Å²) in [5, 5.41) is 6.23. The molecule has 2 aromatic rings. The maximum Gasteiger partial charge on any atom is 0.138 e. The minimum atomic E-state index is 0.677. The van der Waals surface area contributed by atoms with E-state index in [-0.39, 0.29) is 0 Å². The summed E-state index contributed by atoms with van der Waals surface area (Å²) < 4.78 is 5.31. The fourth-order valence-corrected chi connectivity index (χ4v) is 2.29. The molecule has 0 aliphatic carbocycles. The van der Waals surface area contributed by atoms with Crippen molar-refractivity contribution in [3.63, 3.8) is 0 Å². The Balaban J connectivity index is 2.25. The summed E-state index contributed by atoms with van der Waals surface area (Å²) in [5.41, 5.74) is 0. The van der Waals surface area contributed by atoms with Crippen LogP contribution in [0.1, 0.15) is 12.7 Å². The lowest BCUT2D eigenvalue weighted by atomic mass is 10.3. The van der Waals surface area contributed by atoms with E-state index in [2.05, 4.69) is 15.3 Å². The maximum absolute atomic E-state index is 5.31. The minimum absolute atomic E-state index is 0.677. The molecule has 0 bridgehead atoms. The summed E-state index contributed by atoms with van der Waals surface area (Å²) >= 11 is 1.64. The van der Waals surface area contributed by atoms with Crippen molar-refractivity contribution in [2.24, 2.45) is 0 Å². The second-order valence-corrected chi connectivity index (χ2v) is 4.22. The summed E-state index contributed by atoms with van der Waals surface area (Å²) in [5.74, 6) is 1.74. The molecule has 16 heavy (non-hydrogen) atoms. The fourth-order valence-electron chi connectivity index (χ4n) is 1.51. The highest BCUT2D eigenvalue weighted by Crippen LogP contribution is 2.24. The molecule has 0 amide bonds. The van der Waals surface area contributed by atoms with Crippen molar-refractivity contribution in [2.45, 2.75) is 13.3 Å². The van der Waals surface area contributed by atoms with E-state index >= 15 is 0 Å². The molecule has 0 fully saturated rings. The number of fused-ring (bicyclic) bond motifs is 1. The van der Waals surface area contributed by atoms with Crippen LogP contribution in [0.4, 0.5) is 5.82 Å². The maximum atomic E-state index is 5.31. The van der Waals surface area contributed by atoms with Crippen molar-refractivity contribution >= 4 is 27.4 Å². The van der Waals surface area contributed by atoms with Gasteiger partial charge in [-0.2, -0.15) is 0 Å². The molecule has 0 aliphatic rings. The van der Waals surface area contributed by atoms with Gasteiger partial charge in [0.1, 0.15) is 16.5 Å². The zero-order valence-corrected chi connectivity index (χ0v) is 10.3. The molecule has 0 aromatic carbocycles. The van der Waals surface area contributed by atoms with Crippen LogP contribution in [0.3, 0.4) is 0 Å². The molecule has 86 valence electrons. The molecule has 2 rings (SSSR count). The number of ether oxygens (including phenoxy) is 1. The summed E-state index contributed by atoms with van der Waals surface area (Å²) in [6.45, 7) is 3.40. The minimum Gasteiger partial charge on any atom is -0.381 e. The summed E-state index contributed by atoms with van der Waals surface area (Å²) in [6, 6.07) is 2.04. The second-order valence-electron chi connectivity index (χ2n) is 3.32. The van der Waals surface area contributed by atoms with Crippen LogP contribution < -0.4 is 5.32 Å². The van der Waals surface area contributed by atoms with E-state index in [1.165, 1.54) is 0 Å². The van der Waals surface area contributed by atoms with Crippen molar-refractivity contribution in [3.8, 4) is 0 Å². The molecule has 0 aliphatic heterocycles. The number of anilines is 1. The van der Waals surface area contributed by atoms with Gasteiger partial charge in [0.15, 0.2) is 0 Å². The highest BCUT2D eigenvalue weighted by Gasteiger charge is 2.07. The van der Waals surface area contributed by atoms with Gasteiger partial charge in [0.2, 0.25) is 0 Å². The SMILES string of the molecule is CCOCCc1nc(NC)c2ccsc2n1. The zero-order valence-electron chi connectivity index (χ0n) is 9.49. The third-order valence-corrected chi connectivity index (χ3v) is 3.09. The van der Waals surface area contributed by atoms with Crippen molar-refractivity contribution in [1.29, 1.82) is 0 Å². The molecule has 2 aromatic heterocycles. The molecular weight excluding hydrogens is 222 g/mol. The average molecular weight is 237 g/mol. The summed E-state index contributed by atoms with van der Waals surface area (Å²) in [4.78, 5) is 10.0. The van der Waals surface area contributed by atoms with Crippen LogP contribution in [-0.4, -0.2) is 30.2 Å². The van der Waals surface area contributed by atoms with E-state index in [9.17, 15) is 0 Å². The van der Waals surface area contributed by atoms with E-state index in [1.54, 1.807) is 11.3 Å². The predicted octanol–water partition coefficient (Wildman–Crippen LogP) is 2.31. The van der Waals surface area contributed by atoms with Crippen LogP contribution in [0.25, 0.3) is 10.2 Å². The highest BCUT2D eigenvalue weighted by atomic mass is 32.1. The van der Waals surface area contributed by atoms with Gasteiger partial charge in [-0.3, -0.25) is 0 Å². The van der Waals surface area contributed by atoms with Gasteiger partial charge in [0.05, 0.1) is 12.0 Å². The molecular formula is C11H15N3OS. The van der Waals surface area contributed by atoms with Crippen molar-refractivity contribution < 1.29 is 4.74 Å². The Labute approximate surface area is 98.7 Å². The standard InChI is InChI=1S/C11H15N3OS/c1-3-15-6-4-9-13-10(12-2)8-5-7-16-11(8)14-9/h5,7H,3-4,6H2,1-2H3,(H,12,13,14). The lowest BCUT2D eigenvalue weighted by Gasteiger charge is -2.05. The Hall–Kier alpha value is -1.20. The second kappa shape index (κ2) is 5.23. The predicted molar refractivity (Wildman–Crippen MR) is 67.2 cm³/mol. The molecule has 0 spiro atoms. The lowest BCUT2D eigenvalue weighted by molar-refractivity contribution is 0.149. The van der Waals surface area contributed by atoms with Gasteiger partial charge in [-0.05, 0) is 18.4 Å². The lowest BCUT2D eigenvalue weighted by Crippen LogP contribution is -2.04. The van der Waals surface area contributed by atoms with Gasteiger partial charge < -0.3 is 10.1 Å². The van der Waals surface area contributed by atoms with Crippen LogP contribution >= 0.6 is 11.3 Å². The zero-order chi connectivity index (χ0) is 11.4. The quantitative estimate of drug-likeness (QED) is 0.811. The third-order valence-electron chi connectivity index (χ3n) is 2.28. The number of nitrogens with zero attached hydrogens (tertiary/aromatic N) is 2. The Morgan fingerprint density at radius 3 is 3.06 bits per heavy atom. The molecule has 5 heteroatoms. The molecule has 0 saturated heterocycles. The van der Waals surface area contributed by atoms with Gasteiger partial charge in [-0.1, -0.05) is 0 Å². The third kappa shape index (κ3) is 2.31. The van der Waals surface area contributed by atoms with Gasteiger partial charge >= 0.3 is 0 Å². The van der Waals surface area contributed by atoms with Crippen molar-refractivity contribution in [2.75, 3.05) is 25.6 Å². The van der Waals surface area contributed by atoms with E-state index < -0.39 is 0 Å². The Morgan fingerprint density at radius 1 is 1.44 bits per heavy atom. The fraction of sp³-hybridized carbons (Fsp3) is 0.455. The van der Waals surface area contributed by atoms with Gasteiger partial charge in [-0.25, -0.2) is 9.97 Å². The number of nitrogens with one attached hydrogen (secondary N) is 1. The number of hydrogen-bond donors (Lipinski definition) is 1. The molecule has 0 saturated carbocycles. The number of aromatic nitrogens is 2. The normalized spacial score (nSPS) is 10.9. The Bertz CT molecular complexity index is 469. The summed E-state index contributed by atoms with van der Waals surface area (Å²) in [6.07, 6.45) is 0.760. The Kier molecular flexibility index (Phi) is 3.69. The van der Waals surface area contributed by atoms with E-state index in [4.69, 9.17) is 4.74 Å². The van der Waals surface area contributed by atoms with Crippen LogP contribution in [0.15, 0.2) is 11.4 Å². The van der Waals surface area contributed by atoms with Gasteiger partial charge in [0.25, 0.3) is 0 Å². The topological polar surface area (TPSA) is 47.0 Å². The van der Waals surface area contributed by atoms with Gasteiger partial charge in [0, 0.05) is 20.1 Å². The molecule has 1 N–H and O–H groups in total. The van der Waals surface area contributed by atoms with Crippen LogP contribution in [0.2, 0.25) is 0 Å². The van der Waals surface area contributed by atoms with Crippen molar-refractivity contribution in [3.05, 3.63) is 17.3 Å². The molecule has 0 radical (unpaired) electrons. The number of rotatable bonds is 5. The van der Waals surface area contributed by atoms with Crippen LogP contribution in [-0.2, 0) is 11.2 Å². The first-order valence-corrected chi connectivity index (χ1v) is 6.22. The first-order chi connectivity index (χ1) is 7.85. The van der Waals surface area contributed by atoms with Gasteiger partial charge in [-0.15, -0.1) is 11.3 Å². The number of thiophene rings is 1. The highest BCUT2D eigenvalue weighted by molar-refractivity contribution is 7.16. The smallest absolute Gasteiger partial charge is 0.138 e. The molecule has 0 unspecified atom stereocenters. The largest absolute Gasteiger partial charge is 0.381 e.